The molecule has 3 aromatic carbocycles. The van der Waals surface area contributed by atoms with Gasteiger partial charge in [-0.15, -0.1) is 0 Å². The summed E-state index contributed by atoms with van der Waals surface area (Å²) in [5.41, 5.74) is 0. The van der Waals surface area contributed by atoms with Crippen LogP contribution in [0.5, 0.6) is 5.75 Å². The van der Waals surface area contributed by atoms with Gasteiger partial charge in [0.15, 0.2) is 0 Å². The van der Waals surface area contributed by atoms with Gasteiger partial charge >= 0.3 is 5.97 Å². The van der Waals surface area contributed by atoms with Crippen molar-refractivity contribution in [3.63, 3.8) is 0 Å². The van der Waals surface area contributed by atoms with Crippen molar-refractivity contribution in [3.05, 3.63) is 54.6 Å². The van der Waals surface area contributed by atoms with Crippen LogP contribution in [0.2, 0.25) is 0 Å². The maximum atomic E-state index is 11.6. The second-order valence-corrected chi connectivity index (χ2v) is 7.31. The summed E-state index contributed by atoms with van der Waals surface area (Å²) in [7, 11) is 1.20. The number of benzene rings is 3. The van der Waals surface area contributed by atoms with E-state index in [2.05, 4.69) is 22.9 Å². The standard InChI is InChI=1S/C23H26O6/c1-13(23(27)28-3)20(24)22(26)21(25)14(2)29-19-9-8-17-10-15-6-4-5-7-16(15)11-18(17)12-19/h4-14,20-22,24-26H,1-3H3. The van der Waals surface area contributed by atoms with Crippen molar-refractivity contribution in [3.8, 4) is 5.75 Å². The lowest BCUT2D eigenvalue weighted by molar-refractivity contribution is -0.157. The molecule has 154 valence electrons. The summed E-state index contributed by atoms with van der Waals surface area (Å²) >= 11 is 0. The van der Waals surface area contributed by atoms with Gasteiger partial charge in [0.1, 0.15) is 24.1 Å². The Hall–Kier alpha value is -2.67. The predicted octanol–water partition coefficient (Wildman–Crippen LogP) is 2.65. The van der Waals surface area contributed by atoms with E-state index in [9.17, 15) is 20.1 Å². The molecule has 0 amide bonds. The molecular weight excluding hydrogens is 372 g/mol. The van der Waals surface area contributed by atoms with Gasteiger partial charge in [0.25, 0.3) is 0 Å². The first-order valence-electron chi connectivity index (χ1n) is 9.53. The zero-order chi connectivity index (χ0) is 21.1. The van der Waals surface area contributed by atoms with E-state index >= 15 is 0 Å². The highest BCUT2D eigenvalue weighted by Crippen LogP contribution is 2.27. The van der Waals surface area contributed by atoms with Crippen LogP contribution in [0.1, 0.15) is 13.8 Å². The molecule has 3 rings (SSSR count). The maximum Gasteiger partial charge on any atom is 0.311 e. The smallest absolute Gasteiger partial charge is 0.311 e. The Balaban J connectivity index is 1.75. The van der Waals surface area contributed by atoms with Gasteiger partial charge in [0.2, 0.25) is 0 Å². The van der Waals surface area contributed by atoms with Crippen molar-refractivity contribution in [2.24, 2.45) is 5.92 Å². The first-order chi connectivity index (χ1) is 13.8. The highest BCUT2D eigenvalue weighted by Gasteiger charge is 2.36. The van der Waals surface area contributed by atoms with E-state index in [1.54, 1.807) is 13.0 Å². The van der Waals surface area contributed by atoms with Crippen molar-refractivity contribution >= 4 is 27.5 Å². The van der Waals surface area contributed by atoms with Crippen molar-refractivity contribution in [2.45, 2.75) is 38.3 Å². The number of hydrogen-bond donors (Lipinski definition) is 3. The number of carbonyl (C=O) groups excluding carboxylic acids is 1. The van der Waals surface area contributed by atoms with Gasteiger partial charge in [-0.05, 0) is 59.7 Å². The molecule has 6 nitrogen and oxygen atoms in total. The van der Waals surface area contributed by atoms with Gasteiger partial charge in [-0.25, -0.2) is 0 Å². The quantitative estimate of drug-likeness (QED) is 0.418. The fourth-order valence-corrected chi connectivity index (χ4v) is 3.38. The first-order valence-corrected chi connectivity index (χ1v) is 9.53. The third-order valence-corrected chi connectivity index (χ3v) is 5.26. The Kier molecular flexibility index (Phi) is 6.37. The fraction of sp³-hybridized carbons (Fsp3) is 0.348. The summed E-state index contributed by atoms with van der Waals surface area (Å²) in [5.74, 6) is -1.12. The van der Waals surface area contributed by atoms with Crippen molar-refractivity contribution in [1.29, 1.82) is 0 Å². The van der Waals surface area contributed by atoms with Crippen LogP contribution >= 0.6 is 0 Å². The van der Waals surface area contributed by atoms with Crippen molar-refractivity contribution in [1.82, 2.24) is 0 Å². The minimum Gasteiger partial charge on any atom is -0.488 e. The van der Waals surface area contributed by atoms with Gasteiger partial charge < -0.3 is 24.8 Å². The minimum absolute atomic E-state index is 0.530. The van der Waals surface area contributed by atoms with E-state index in [0.29, 0.717) is 5.75 Å². The molecule has 0 aromatic heterocycles. The molecule has 6 heteroatoms. The molecule has 0 radical (unpaired) electrons. The van der Waals surface area contributed by atoms with Gasteiger partial charge in [0, 0.05) is 0 Å². The zero-order valence-electron chi connectivity index (χ0n) is 16.6. The van der Waals surface area contributed by atoms with Gasteiger partial charge in [-0.1, -0.05) is 30.3 Å². The average Bonchev–Trinajstić information content (AvgIpc) is 2.74. The second-order valence-electron chi connectivity index (χ2n) is 7.31. The van der Waals surface area contributed by atoms with Crippen LogP contribution in [-0.2, 0) is 9.53 Å². The second kappa shape index (κ2) is 8.78. The normalized spacial score (nSPS) is 16.8. The number of methoxy groups -OCH3 is 1. The molecule has 3 aromatic rings. The van der Waals surface area contributed by atoms with E-state index in [0.717, 1.165) is 21.5 Å². The molecular formula is C23H26O6. The average molecular weight is 398 g/mol. The topological polar surface area (TPSA) is 96.2 Å². The summed E-state index contributed by atoms with van der Waals surface area (Å²) in [6.07, 6.45) is -5.26. The number of fused-ring (bicyclic) bond motifs is 2. The molecule has 0 aliphatic rings. The summed E-state index contributed by atoms with van der Waals surface area (Å²) in [5, 5.41) is 35.1. The Bertz CT molecular complexity index is 1000. The van der Waals surface area contributed by atoms with Gasteiger partial charge in [0.05, 0.1) is 19.1 Å². The summed E-state index contributed by atoms with van der Waals surface area (Å²) in [6, 6.07) is 17.8. The van der Waals surface area contributed by atoms with Crippen molar-refractivity contribution in [2.75, 3.05) is 7.11 Å². The molecule has 0 spiro atoms. The Morgan fingerprint density at radius 1 is 0.793 bits per heavy atom. The summed E-state index contributed by atoms with van der Waals surface area (Å²) < 4.78 is 10.4. The van der Waals surface area contributed by atoms with E-state index in [1.807, 2.05) is 30.3 Å². The molecule has 0 saturated heterocycles. The lowest BCUT2D eigenvalue weighted by Gasteiger charge is -2.29. The zero-order valence-corrected chi connectivity index (χ0v) is 16.6. The van der Waals surface area contributed by atoms with Crippen molar-refractivity contribution < 1.29 is 29.6 Å². The highest BCUT2D eigenvalue weighted by molar-refractivity contribution is 5.98. The number of esters is 1. The van der Waals surface area contributed by atoms with Gasteiger partial charge in [-0.2, -0.15) is 0 Å². The molecule has 0 aliphatic carbocycles. The fourth-order valence-electron chi connectivity index (χ4n) is 3.38. The van der Waals surface area contributed by atoms with Crippen LogP contribution in [0.3, 0.4) is 0 Å². The number of ether oxygens (including phenoxy) is 2. The molecule has 3 N–H and O–H groups in total. The van der Waals surface area contributed by atoms with Crippen LogP contribution in [0.15, 0.2) is 54.6 Å². The van der Waals surface area contributed by atoms with Gasteiger partial charge in [-0.3, -0.25) is 4.79 Å². The molecule has 5 unspecified atom stereocenters. The molecule has 0 fully saturated rings. The monoisotopic (exact) mass is 398 g/mol. The van der Waals surface area contributed by atoms with E-state index in [4.69, 9.17) is 4.74 Å². The van der Waals surface area contributed by atoms with Crippen LogP contribution in [0, 0.1) is 5.92 Å². The third-order valence-electron chi connectivity index (χ3n) is 5.26. The molecule has 5 atom stereocenters. The van der Waals surface area contributed by atoms with Crippen LogP contribution in [-0.4, -0.2) is 52.8 Å². The first kappa shape index (κ1) is 21.0. The largest absolute Gasteiger partial charge is 0.488 e. The van der Waals surface area contributed by atoms with E-state index < -0.39 is 36.3 Å². The molecule has 0 bridgehead atoms. The Morgan fingerprint density at radius 2 is 1.38 bits per heavy atom. The maximum absolute atomic E-state index is 11.6. The van der Waals surface area contributed by atoms with E-state index in [1.165, 1.54) is 14.0 Å². The van der Waals surface area contributed by atoms with Crippen LogP contribution in [0.25, 0.3) is 21.5 Å². The number of hydrogen-bond acceptors (Lipinski definition) is 6. The predicted molar refractivity (Wildman–Crippen MR) is 111 cm³/mol. The Morgan fingerprint density at radius 3 is 2.00 bits per heavy atom. The third kappa shape index (κ3) is 4.50. The minimum atomic E-state index is -1.57. The Labute approximate surface area is 169 Å². The van der Waals surface area contributed by atoms with Crippen LogP contribution < -0.4 is 4.74 Å². The molecule has 0 heterocycles. The van der Waals surface area contributed by atoms with Crippen LogP contribution in [0.4, 0.5) is 0 Å². The molecule has 0 aliphatic heterocycles. The number of aliphatic hydroxyl groups excluding tert-OH is 3. The number of aliphatic hydroxyl groups is 3. The lowest BCUT2D eigenvalue weighted by atomic mass is 9.94. The summed E-state index contributed by atoms with van der Waals surface area (Å²) in [6.45, 7) is 3.01. The van der Waals surface area contributed by atoms with E-state index in [-0.39, 0.29) is 0 Å². The number of carbonyl (C=O) groups is 1. The SMILES string of the molecule is COC(=O)C(C)C(O)C(O)C(O)C(C)Oc1ccc2cc3ccccc3cc2c1. The lowest BCUT2D eigenvalue weighted by Crippen LogP contribution is -2.49. The molecule has 0 saturated carbocycles. The molecule has 29 heavy (non-hydrogen) atoms. The highest BCUT2D eigenvalue weighted by atomic mass is 16.5. The summed E-state index contributed by atoms with van der Waals surface area (Å²) in [4.78, 5) is 11.6. The number of rotatable bonds is 7.